The van der Waals surface area contributed by atoms with Crippen LogP contribution in [-0.4, -0.2) is 78.8 Å². The number of anilines is 1. The number of nitrogens with zero attached hydrogens (tertiary/aromatic N) is 2. The first-order valence-electron chi connectivity index (χ1n) is 10.1. The number of carbonyl (C=O) groups excluding carboxylic acids is 2. The number of nitrogens with one attached hydrogen (secondary N) is 1. The number of alkyl halides is 3. The molecule has 31 heavy (non-hydrogen) atoms. The van der Waals surface area contributed by atoms with Crippen molar-refractivity contribution in [2.24, 2.45) is 5.92 Å². The second kappa shape index (κ2) is 10.3. The van der Waals surface area contributed by atoms with Crippen LogP contribution in [0.1, 0.15) is 37.0 Å². The Kier molecular flexibility index (Phi) is 8.30. The van der Waals surface area contributed by atoms with Crippen LogP contribution in [-0.2, 0) is 4.79 Å². The number of aliphatic hydroxyl groups excluding tert-OH is 1. The average Bonchev–Trinajstić information content (AvgIpc) is 2.68. The standard InChI is InChI=1S/C21H30F3N3O4/c1-13-10-27(14(2)12-28)20(30)16-9-15(25-19(29)7-8-21(22,23)24)5-6-17(16)31-18(13)11-26(3)4/h5-6,9,13-14,18,28H,7-8,10-12H2,1-4H3,(H,25,29)/t13-,14-,18-/m1/s1. The molecule has 0 bridgehead atoms. The van der Waals surface area contributed by atoms with Crippen LogP contribution in [0.2, 0.25) is 0 Å². The number of fused-ring (bicyclic) bond motifs is 1. The zero-order chi connectivity index (χ0) is 23.3. The quantitative estimate of drug-likeness (QED) is 0.675. The number of hydrogen-bond acceptors (Lipinski definition) is 5. The molecule has 2 N–H and O–H groups in total. The Morgan fingerprint density at radius 1 is 1.39 bits per heavy atom. The highest BCUT2D eigenvalue weighted by Gasteiger charge is 2.33. The van der Waals surface area contributed by atoms with E-state index in [1.807, 2.05) is 25.9 Å². The van der Waals surface area contributed by atoms with E-state index in [0.29, 0.717) is 18.8 Å². The summed E-state index contributed by atoms with van der Waals surface area (Å²) < 4.78 is 43.2. The second-order valence-corrected chi connectivity index (χ2v) is 8.26. The van der Waals surface area contributed by atoms with Crippen molar-refractivity contribution >= 4 is 17.5 Å². The van der Waals surface area contributed by atoms with Crippen molar-refractivity contribution in [2.45, 2.75) is 45.0 Å². The fourth-order valence-corrected chi connectivity index (χ4v) is 3.36. The molecule has 7 nitrogen and oxygen atoms in total. The lowest BCUT2D eigenvalue weighted by atomic mass is 9.99. The van der Waals surface area contributed by atoms with E-state index in [2.05, 4.69) is 5.32 Å². The number of ether oxygens (including phenoxy) is 1. The highest BCUT2D eigenvalue weighted by molar-refractivity contribution is 5.99. The van der Waals surface area contributed by atoms with Crippen LogP contribution < -0.4 is 10.1 Å². The minimum atomic E-state index is -4.42. The molecule has 2 rings (SSSR count). The smallest absolute Gasteiger partial charge is 0.389 e. The largest absolute Gasteiger partial charge is 0.488 e. The Balaban J connectivity index is 2.34. The maximum absolute atomic E-state index is 13.2. The molecular formula is C21H30F3N3O4. The molecule has 1 heterocycles. The van der Waals surface area contributed by atoms with E-state index < -0.39 is 31.0 Å². The number of hydrogen-bond donors (Lipinski definition) is 2. The van der Waals surface area contributed by atoms with Crippen molar-refractivity contribution in [1.29, 1.82) is 0 Å². The predicted molar refractivity (Wildman–Crippen MR) is 110 cm³/mol. The van der Waals surface area contributed by atoms with E-state index in [0.717, 1.165) is 0 Å². The maximum Gasteiger partial charge on any atom is 0.389 e. The van der Waals surface area contributed by atoms with Crippen LogP contribution in [0, 0.1) is 5.92 Å². The fourth-order valence-electron chi connectivity index (χ4n) is 3.36. The van der Waals surface area contributed by atoms with Crippen LogP contribution in [0.5, 0.6) is 5.75 Å². The van der Waals surface area contributed by atoms with Gasteiger partial charge < -0.3 is 25.0 Å². The highest BCUT2D eigenvalue weighted by Crippen LogP contribution is 2.31. The molecule has 2 amide bonds. The zero-order valence-electron chi connectivity index (χ0n) is 18.2. The summed E-state index contributed by atoms with van der Waals surface area (Å²) in [5, 5.41) is 12.0. The molecule has 0 aliphatic carbocycles. The maximum atomic E-state index is 13.2. The molecule has 1 aliphatic rings. The molecule has 3 atom stereocenters. The van der Waals surface area contributed by atoms with Crippen LogP contribution in [0.4, 0.5) is 18.9 Å². The Morgan fingerprint density at radius 2 is 2.06 bits per heavy atom. The lowest BCUT2D eigenvalue weighted by Crippen LogP contribution is -2.49. The summed E-state index contributed by atoms with van der Waals surface area (Å²) in [5.74, 6) is -0.864. The third kappa shape index (κ3) is 7.10. The molecule has 0 saturated carbocycles. The number of likely N-dealkylation sites (N-methyl/N-ethyl adjacent to an activating group) is 1. The van der Waals surface area contributed by atoms with Crippen molar-refractivity contribution in [3.63, 3.8) is 0 Å². The molecule has 0 radical (unpaired) electrons. The molecule has 0 unspecified atom stereocenters. The van der Waals surface area contributed by atoms with Crippen molar-refractivity contribution in [3.05, 3.63) is 23.8 Å². The SMILES string of the molecule is C[C@@H]1CN([C@H](C)CO)C(=O)c2cc(NC(=O)CCC(F)(F)F)ccc2O[C@@H]1CN(C)C. The van der Waals surface area contributed by atoms with Crippen LogP contribution >= 0.6 is 0 Å². The van der Waals surface area contributed by atoms with Gasteiger partial charge in [0, 0.05) is 31.1 Å². The third-order valence-electron chi connectivity index (χ3n) is 5.13. The summed E-state index contributed by atoms with van der Waals surface area (Å²) in [5.41, 5.74) is 0.391. The average molecular weight is 445 g/mol. The van der Waals surface area contributed by atoms with Gasteiger partial charge in [0.1, 0.15) is 11.9 Å². The van der Waals surface area contributed by atoms with Gasteiger partial charge in [-0.25, -0.2) is 0 Å². The lowest BCUT2D eigenvalue weighted by molar-refractivity contribution is -0.142. The van der Waals surface area contributed by atoms with Gasteiger partial charge in [0.25, 0.3) is 5.91 Å². The van der Waals surface area contributed by atoms with Gasteiger partial charge in [0.15, 0.2) is 0 Å². The van der Waals surface area contributed by atoms with Gasteiger partial charge in [-0.05, 0) is 39.2 Å². The lowest BCUT2D eigenvalue weighted by Gasteiger charge is -2.37. The molecule has 10 heteroatoms. The Hall–Kier alpha value is -2.33. The summed E-state index contributed by atoms with van der Waals surface area (Å²) in [6.07, 6.45) is -6.59. The van der Waals surface area contributed by atoms with Gasteiger partial charge in [-0.3, -0.25) is 9.59 Å². The number of rotatable bonds is 7. The topological polar surface area (TPSA) is 82.1 Å². The summed E-state index contributed by atoms with van der Waals surface area (Å²) in [6, 6.07) is 4.00. The van der Waals surface area contributed by atoms with Crippen LogP contribution in [0.15, 0.2) is 18.2 Å². The normalized spacial score (nSPS) is 20.5. The van der Waals surface area contributed by atoms with Crippen molar-refractivity contribution < 1.29 is 32.6 Å². The van der Waals surface area contributed by atoms with E-state index >= 15 is 0 Å². The first-order chi connectivity index (χ1) is 14.4. The highest BCUT2D eigenvalue weighted by atomic mass is 19.4. The number of amides is 2. The molecule has 1 aliphatic heterocycles. The summed E-state index contributed by atoms with van der Waals surface area (Å²) in [6.45, 7) is 4.45. The first-order valence-corrected chi connectivity index (χ1v) is 10.1. The molecule has 0 saturated heterocycles. The zero-order valence-corrected chi connectivity index (χ0v) is 18.2. The van der Waals surface area contributed by atoms with Gasteiger partial charge in [-0.1, -0.05) is 6.92 Å². The Labute approximate surface area is 180 Å². The van der Waals surface area contributed by atoms with E-state index in [1.165, 1.54) is 18.2 Å². The van der Waals surface area contributed by atoms with Gasteiger partial charge in [0.2, 0.25) is 5.91 Å². The number of benzene rings is 1. The van der Waals surface area contributed by atoms with E-state index in [1.54, 1.807) is 11.8 Å². The molecule has 174 valence electrons. The van der Waals surface area contributed by atoms with Crippen LogP contribution in [0.25, 0.3) is 0 Å². The minimum Gasteiger partial charge on any atom is -0.488 e. The van der Waals surface area contributed by atoms with Gasteiger partial charge in [-0.15, -0.1) is 0 Å². The molecule has 1 aromatic rings. The molecule has 0 fully saturated rings. The van der Waals surface area contributed by atoms with Gasteiger partial charge >= 0.3 is 6.18 Å². The van der Waals surface area contributed by atoms with E-state index in [9.17, 15) is 27.9 Å². The van der Waals surface area contributed by atoms with Gasteiger partial charge in [0.05, 0.1) is 24.6 Å². The second-order valence-electron chi connectivity index (χ2n) is 8.26. The monoisotopic (exact) mass is 445 g/mol. The summed E-state index contributed by atoms with van der Waals surface area (Å²) in [4.78, 5) is 28.6. The minimum absolute atomic E-state index is 0.0183. The van der Waals surface area contributed by atoms with Crippen molar-refractivity contribution in [1.82, 2.24) is 9.80 Å². The molecule has 1 aromatic carbocycles. The van der Waals surface area contributed by atoms with Crippen molar-refractivity contribution in [2.75, 3.05) is 39.1 Å². The molecular weight excluding hydrogens is 415 g/mol. The fraction of sp³-hybridized carbons (Fsp3) is 0.619. The number of carbonyl (C=O) groups is 2. The van der Waals surface area contributed by atoms with E-state index in [-0.39, 0.29) is 35.8 Å². The van der Waals surface area contributed by atoms with Gasteiger partial charge in [-0.2, -0.15) is 13.2 Å². The first kappa shape index (κ1) is 24.9. The molecule has 0 aromatic heterocycles. The Bertz CT molecular complexity index is 786. The van der Waals surface area contributed by atoms with Crippen molar-refractivity contribution in [3.8, 4) is 5.75 Å². The number of aliphatic hydroxyl groups is 1. The predicted octanol–water partition coefficient (Wildman–Crippen LogP) is 2.75. The Morgan fingerprint density at radius 3 is 2.65 bits per heavy atom. The van der Waals surface area contributed by atoms with Crippen LogP contribution in [0.3, 0.4) is 0 Å². The van der Waals surface area contributed by atoms with E-state index in [4.69, 9.17) is 4.74 Å². The molecule has 0 spiro atoms. The number of halogens is 3. The summed E-state index contributed by atoms with van der Waals surface area (Å²) >= 11 is 0. The third-order valence-corrected chi connectivity index (χ3v) is 5.13. The summed E-state index contributed by atoms with van der Waals surface area (Å²) in [7, 11) is 3.82.